The Labute approximate surface area is 194 Å². The fourth-order valence-electron chi connectivity index (χ4n) is 4.47. The van der Waals surface area contributed by atoms with Gasteiger partial charge in [0.2, 0.25) is 10.8 Å². The number of carbonyl (C=O) groups is 2. The second-order valence-electron chi connectivity index (χ2n) is 7.70. The summed E-state index contributed by atoms with van der Waals surface area (Å²) >= 11 is 1.28. The average Bonchev–Trinajstić information content (AvgIpc) is 3.30. The molecule has 6 nitrogen and oxygen atoms in total. The number of methoxy groups -OCH3 is 2. The van der Waals surface area contributed by atoms with Gasteiger partial charge in [-0.15, -0.1) is 11.8 Å². The number of para-hydroxylation sites is 1. The zero-order valence-corrected chi connectivity index (χ0v) is 18.9. The first-order valence-electron chi connectivity index (χ1n) is 10.3. The van der Waals surface area contributed by atoms with Gasteiger partial charge in [-0.05, 0) is 24.3 Å². The number of thioether (sulfide) groups is 1. The minimum atomic E-state index is -1.28. The molecule has 3 aromatic rings. The molecule has 5 rings (SSSR count). The molecule has 0 unspecified atom stereocenters. The van der Waals surface area contributed by atoms with Gasteiger partial charge in [0, 0.05) is 22.9 Å². The first-order valence-corrected chi connectivity index (χ1v) is 11.3. The van der Waals surface area contributed by atoms with Crippen LogP contribution in [0.1, 0.15) is 11.1 Å². The van der Waals surface area contributed by atoms with E-state index in [1.165, 1.54) is 36.9 Å². The molecule has 1 spiro atoms. The number of rotatable bonds is 5. The van der Waals surface area contributed by atoms with Crippen LogP contribution in [0.15, 0.2) is 66.7 Å². The highest BCUT2D eigenvalue weighted by Gasteiger charge is 2.61. The maximum atomic E-state index is 14.4. The van der Waals surface area contributed by atoms with Gasteiger partial charge in [0.25, 0.3) is 5.91 Å². The van der Waals surface area contributed by atoms with Crippen LogP contribution in [0.2, 0.25) is 0 Å². The van der Waals surface area contributed by atoms with Crippen LogP contribution >= 0.6 is 11.8 Å². The van der Waals surface area contributed by atoms with E-state index >= 15 is 0 Å². The second-order valence-corrected chi connectivity index (χ2v) is 8.87. The largest absolute Gasteiger partial charge is 0.493 e. The van der Waals surface area contributed by atoms with E-state index in [0.29, 0.717) is 34.0 Å². The Morgan fingerprint density at radius 3 is 2.45 bits per heavy atom. The number of hydrogen-bond donors (Lipinski definition) is 0. The summed E-state index contributed by atoms with van der Waals surface area (Å²) in [6.45, 7) is 0.0682. The van der Waals surface area contributed by atoms with E-state index < -0.39 is 4.87 Å². The molecule has 0 saturated carbocycles. The van der Waals surface area contributed by atoms with E-state index in [4.69, 9.17) is 9.47 Å². The van der Waals surface area contributed by atoms with Crippen molar-refractivity contribution >= 4 is 35.0 Å². The molecule has 8 heteroatoms. The summed E-state index contributed by atoms with van der Waals surface area (Å²) in [6.07, 6.45) is 0. The summed E-state index contributed by atoms with van der Waals surface area (Å²) in [5.74, 6) is 0.268. The van der Waals surface area contributed by atoms with Crippen molar-refractivity contribution in [3.63, 3.8) is 0 Å². The molecule has 0 aromatic heterocycles. The summed E-state index contributed by atoms with van der Waals surface area (Å²) in [5.41, 5.74) is 2.30. The van der Waals surface area contributed by atoms with Crippen molar-refractivity contribution in [1.82, 2.24) is 0 Å². The highest BCUT2D eigenvalue weighted by molar-refractivity contribution is 8.02. The monoisotopic (exact) mass is 464 g/mol. The number of benzene rings is 3. The van der Waals surface area contributed by atoms with Crippen molar-refractivity contribution in [3.05, 3.63) is 83.7 Å². The number of fused-ring (bicyclic) bond motifs is 2. The number of carbonyl (C=O) groups excluding carboxylic acids is 2. The van der Waals surface area contributed by atoms with Crippen LogP contribution in [-0.4, -0.2) is 31.8 Å². The van der Waals surface area contributed by atoms with Crippen LogP contribution in [0.4, 0.5) is 15.8 Å². The minimum absolute atomic E-state index is 0.0682. The minimum Gasteiger partial charge on any atom is -0.493 e. The van der Waals surface area contributed by atoms with E-state index in [1.54, 1.807) is 41.3 Å². The molecule has 1 saturated heterocycles. The van der Waals surface area contributed by atoms with Crippen LogP contribution < -0.4 is 19.3 Å². The van der Waals surface area contributed by atoms with Gasteiger partial charge < -0.3 is 14.4 Å². The molecule has 1 atom stereocenters. The SMILES string of the molecule is COc1ccc(N2C(=O)CS[C@]23C(=O)N(Cc2ccccc2F)c2ccccc23)cc1OC. The third-order valence-electron chi connectivity index (χ3n) is 5.98. The molecule has 3 aromatic carbocycles. The van der Waals surface area contributed by atoms with Gasteiger partial charge in [-0.25, -0.2) is 4.39 Å². The normalized spacial score (nSPS) is 19.4. The number of ether oxygens (including phenoxy) is 2. The van der Waals surface area contributed by atoms with Gasteiger partial charge in [-0.3, -0.25) is 14.5 Å². The molecule has 2 amide bonds. The van der Waals surface area contributed by atoms with Crippen molar-refractivity contribution in [3.8, 4) is 11.5 Å². The molecule has 0 N–H and O–H groups in total. The molecule has 2 aliphatic heterocycles. The number of hydrogen-bond acceptors (Lipinski definition) is 5. The van der Waals surface area contributed by atoms with Crippen LogP contribution in [-0.2, 0) is 21.0 Å². The summed E-state index contributed by atoms with van der Waals surface area (Å²) < 4.78 is 25.2. The number of nitrogens with zero attached hydrogens (tertiary/aromatic N) is 2. The lowest BCUT2D eigenvalue weighted by Crippen LogP contribution is -2.49. The Bertz CT molecular complexity index is 1270. The molecule has 33 heavy (non-hydrogen) atoms. The standard InChI is InChI=1S/C25H21FN2O4S/c1-31-21-12-11-17(13-22(21)32-2)28-23(29)15-33-25(28)18-8-4-6-10-20(18)27(24(25)30)14-16-7-3-5-9-19(16)26/h3-13H,14-15H2,1-2H3/t25-/m1/s1. The van der Waals surface area contributed by atoms with Gasteiger partial charge in [-0.1, -0.05) is 36.4 Å². The first-order chi connectivity index (χ1) is 16.0. The van der Waals surface area contributed by atoms with E-state index in [-0.39, 0.29) is 29.9 Å². The number of halogens is 1. The topological polar surface area (TPSA) is 59.1 Å². The van der Waals surface area contributed by atoms with Gasteiger partial charge in [0.1, 0.15) is 5.82 Å². The Morgan fingerprint density at radius 2 is 1.70 bits per heavy atom. The van der Waals surface area contributed by atoms with Crippen LogP contribution in [0.5, 0.6) is 11.5 Å². The van der Waals surface area contributed by atoms with E-state index in [0.717, 1.165) is 0 Å². The molecule has 1 fully saturated rings. The van der Waals surface area contributed by atoms with Crippen LogP contribution in [0.3, 0.4) is 0 Å². The van der Waals surface area contributed by atoms with Gasteiger partial charge in [-0.2, -0.15) is 0 Å². The molecular weight excluding hydrogens is 443 g/mol. The molecule has 168 valence electrons. The van der Waals surface area contributed by atoms with Gasteiger partial charge in [0.15, 0.2) is 11.5 Å². The highest BCUT2D eigenvalue weighted by atomic mass is 32.2. The van der Waals surface area contributed by atoms with Crippen molar-refractivity contribution < 1.29 is 23.5 Å². The Hall–Kier alpha value is -3.52. The van der Waals surface area contributed by atoms with E-state index in [2.05, 4.69) is 0 Å². The lowest BCUT2D eigenvalue weighted by atomic mass is 10.0. The molecule has 2 heterocycles. The molecule has 0 aliphatic carbocycles. The Balaban J connectivity index is 1.64. The second kappa shape index (κ2) is 8.12. The van der Waals surface area contributed by atoms with Crippen molar-refractivity contribution in [2.24, 2.45) is 0 Å². The summed E-state index contributed by atoms with van der Waals surface area (Å²) in [5, 5.41) is 0. The van der Waals surface area contributed by atoms with E-state index in [1.807, 2.05) is 24.3 Å². The summed E-state index contributed by atoms with van der Waals surface area (Å²) in [4.78, 5) is 29.0. The quantitative estimate of drug-likeness (QED) is 0.563. The maximum absolute atomic E-state index is 14.4. The molecule has 2 aliphatic rings. The lowest BCUT2D eigenvalue weighted by molar-refractivity contribution is -0.123. The highest BCUT2D eigenvalue weighted by Crippen LogP contribution is 2.56. The fraction of sp³-hybridized carbons (Fsp3) is 0.200. The average molecular weight is 465 g/mol. The zero-order chi connectivity index (χ0) is 23.2. The van der Waals surface area contributed by atoms with Crippen molar-refractivity contribution in [2.75, 3.05) is 29.8 Å². The van der Waals surface area contributed by atoms with E-state index in [9.17, 15) is 14.0 Å². The molecular formula is C25H21FN2O4S. The molecule has 0 radical (unpaired) electrons. The fourth-order valence-corrected chi connectivity index (χ4v) is 5.83. The summed E-state index contributed by atoms with van der Waals surface area (Å²) in [6, 6.07) is 18.9. The van der Waals surface area contributed by atoms with Crippen LogP contribution in [0.25, 0.3) is 0 Å². The Morgan fingerprint density at radius 1 is 0.970 bits per heavy atom. The zero-order valence-electron chi connectivity index (χ0n) is 18.1. The molecule has 0 bridgehead atoms. The van der Waals surface area contributed by atoms with Crippen LogP contribution in [0, 0.1) is 5.82 Å². The predicted molar refractivity (Wildman–Crippen MR) is 125 cm³/mol. The number of amides is 2. The van der Waals surface area contributed by atoms with Gasteiger partial charge in [0.05, 0.1) is 32.2 Å². The first kappa shape index (κ1) is 21.3. The Kier molecular flexibility index (Phi) is 5.25. The maximum Gasteiger partial charge on any atom is 0.269 e. The third-order valence-corrected chi connectivity index (χ3v) is 7.36. The van der Waals surface area contributed by atoms with Crippen molar-refractivity contribution in [1.29, 1.82) is 0 Å². The smallest absolute Gasteiger partial charge is 0.269 e. The number of anilines is 2. The van der Waals surface area contributed by atoms with Crippen molar-refractivity contribution in [2.45, 2.75) is 11.4 Å². The summed E-state index contributed by atoms with van der Waals surface area (Å²) in [7, 11) is 3.05. The van der Waals surface area contributed by atoms with Gasteiger partial charge >= 0.3 is 0 Å². The lowest BCUT2D eigenvalue weighted by Gasteiger charge is -2.33. The third kappa shape index (κ3) is 3.16. The predicted octanol–water partition coefficient (Wildman–Crippen LogP) is 4.32.